The lowest BCUT2D eigenvalue weighted by Crippen LogP contribution is -2.49. The van der Waals surface area contributed by atoms with Crippen molar-refractivity contribution in [3.63, 3.8) is 0 Å². The minimum atomic E-state index is 0.129. The Morgan fingerprint density at radius 3 is 2.58 bits per heavy atom. The first kappa shape index (κ1) is 16.6. The molecule has 3 heterocycles. The fourth-order valence-corrected chi connectivity index (χ4v) is 5.07. The number of oxazole rings is 1. The predicted octanol–water partition coefficient (Wildman–Crippen LogP) is 3.36. The lowest BCUT2D eigenvalue weighted by molar-refractivity contribution is 0.0631. The molecule has 26 heavy (non-hydrogen) atoms. The molecule has 1 aromatic heterocycles. The number of fused-ring (bicyclic) bond motifs is 1. The molecule has 0 unspecified atom stereocenters. The summed E-state index contributed by atoms with van der Waals surface area (Å²) in [5, 5.41) is 0. The monoisotopic (exact) mass is 371 g/mol. The van der Waals surface area contributed by atoms with E-state index in [1.54, 1.807) is 0 Å². The zero-order chi connectivity index (χ0) is 17.5. The molecule has 6 heteroatoms. The van der Waals surface area contributed by atoms with Gasteiger partial charge < -0.3 is 9.32 Å². The molecule has 5 nitrogen and oxygen atoms in total. The van der Waals surface area contributed by atoms with E-state index in [1.165, 1.54) is 37.4 Å². The molecule has 0 atom stereocenters. The number of rotatable bonds is 3. The molecule has 5 rings (SSSR count). The lowest BCUT2D eigenvalue weighted by atomic mass is 10.0. The number of carbonyl (C=O) groups is 1. The number of thioether (sulfide) groups is 1. The van der Waals surface area contributed by atoms with Crippen LogP contribution >= 0.6 is 11.8 Å². The van der Waals surface area contributed by atoms with E-state index in [0.717, 1.165) is 48.5 Å². The van der Waals surface area contributed by atoms with Gasteiger partial charge in [0.25, 0.3) is 5.91 Å². The Morgan fingerprint density at radius 2 is 1.85 bits per heavy atom. The zero-order valence-electron chi connectivity index (χ0n) is 15.0. The Morgan fingerprint density at radius 1 is 1.08 bits per heavy atom. The Labute approximate surface area is 158 Å². The van der Waals surface area contributed by atoms with Crippen LogP contribution in [-0.2, 0) is 0 Å². The number of aromatic nitrogens is 1. The molecule has 0 N–H and O–H groups in total. The third-order valence-electron chi connectivity index (χ3n) is 5.89. The van der Waals surface area contributed by atoms with Crippen molar-refractivity contribution in [2.45, 2.75) is 37.6 Å². The highest BCUT2D eigenvalue weighted by Gasteiger charge is 2.30. The van der Waals surface area contributed by atoms with E-state index in [9.17, 15) is 4.79 Å². The third-order valence-corrected chi connectivity index (χ3v) is 6.83. The molecule has 1 aromatic carbocycles. The number of hydrogen-bond donors (Lipinski definition) is 0. The summed E-state index contributed by atoms with van der Waals surface area (Å²) in [5.41, 5.74) is 2.34. The smallest absolute Gasteiger partial charge is 0.253 e. The summed E-state index contributed by atoms with van der Waals surface area (Å²) in [6, 6.07) is 6.36. The van der Waals surface area contributed by atoms with Crippen LogP contribution in [0.1, 0.15) is 47.8 Å². The molecule has 0 radical (unpaired) electrons. The topological polar surface area (TPSA) is 49.6 Å². The molecule has 0 spiro atoms. The first-order valence-corrected chi connectivity index (χ1v) is 10.9. The van der Waals surface area contributed by atoms with E-state index in [1.807, 2.05) is 23.1 Å². The van der Waals surface area contributed by atoms with E-state index in [4.69, 9.17) is 4.42 Å². The number of carbonyl (C=O) groups excluding carboxylic acids is 1. The molecule has 2 aromatic rings. The highest BCUT2D eigenvalue weighted by molar-refractivity contribution is 7.99. The van der Waals surface area contributed by atoms with Gasteiger partial charge in [0.1, 0.15) is 5.52 Å². The van der Waals surface area contributed by atoms with Crippen LogP contribution in [0.2, 0.25) is 0 Å². The van der Waals surface area contributed by atoms with Crippen LogP contribution in [0.3, 0.4) is 0 Å². The van der Waals surface area contributed by atoms with Crippen LogP contribution < -0.4 is 0 Å². The second-order valence-corrected chi connectivity index (χ2v) is 8.91. The van der Waals surface area contributed by atoms with E-state index in [2.05, 4.69) is 21.6 Å². The van der Waals surface area contributed by atoms with E-state index >= 15 is 0 Å². The minimum absolute atomic E-state index is 0.129. The number of nitrogens with zero attached hydrogens (tertiary/aromatic N) is 3. The van der Waals surface area contributed by atoms with Crippen molar-refractivity contribution >= 4 is 28.8 Å². The highest BCUT2D eigenvalue weighted by Crippen LogP contribution is 2.40. The molecule has 1 saturated carbocycles. The van der Waals surface area contributed by atoms with Gasteiger partial charge >= 0.3 is 0 Å². The van der Waals surface area contributed by atoms with Crippen LogP contribution in [-0.4, -0.2) is 64.4 Å². The summed E-state index contributed by atoms with van der Waals surface area (Å²) in [6.07, 6.45) is 4.52. The summed E-state index contributed by atoms with van der Waals surface area (Å²) >= 11 is 2.05. The number of likely N-dealkylation sites (tertiary alicyclic amines) is 1. The fourth-order valence-electron chi connectivity index (χ4n) is 4.14. The predicted molar refractivity (Wildman–Crippen MR) is 104 cm³/mol. The number of hydrogen-bond acceptors (Lipinski definition) is 5. The Balaban J connectivity index is 1.25. The summed E-state index contributed by atoms with van der Waals surface area (Å²) in [7, 11) is 0. The van der Waals surface area contributed by atoms with E-state index in [0.29, 0.717) is 12.0 Å². The first-order chi connectivity index (χ1) is 12.8. The lowest BCUT2D eigenvalue weighted by Gasteiger charge is -2.40. The molecule has 2 saturated heterocycles. The molecule has 2 aliphatic heterocycles. The third kappa shape index (κ3) is 3.25. The van der Waals surface area contributed by atoms with Crippen molar-refractivity contribution in [1.29, 1.82) is 0 Å². The van der Waals surface area contributed by atoms with E-state index in [-0.39, 0.29) is 5.91 Å². The average molecular weight is 372 g/mol. The molecular weight excluding hydrogens is 346 g/mol. The number of piperidine rings is 1. The molecule has 138 valence electrons. The first-order valence-electron chi connectivity index (χ1n) is 9.79. The molecular formula is C20H25N3O2S. The van der Waals surface area contributed by atoms with Gasteiger partial charge in [-0.25, -0.2) is 4.98 Å². The van der Waals surface area contributed by atoms with Crippen LogP contribution in [0.25, 0.3) is 11.1 Å². The summed E-state index contributed by atoms with van der Waals surface area (Å²) < 4.78 is 5.88. The van der Waals surface area contributed by atoms with Crippen molar-refractivity contribution < 1.29 is 9.21 Å². The summed E-state index contributed by atoms with van der Waals surface area (Å²) in [6.45, 7) is 4.12. The highest BCUT2D eigenvalue weighted by atomic mass is 32.2. The van der Waals surface area contributed by atoms with Gasteiger partial charge in [-0.15, -0.1) is 0 Å². The van der Waals surface area contributed by atoms with Gasteiger partial charge in [-0.2, -0.15) is 11.8 Å². The SMILES string of the molecule is O=C(c1ccc2nc(C3CC3)oc2c1)N1CCC(N2CCSCC2)CC1. The van der Waals surface area contributed by atoms with Gasteiger partial charge in [-0.3, -0.25) is 9.69 Å². The van der Waals surface area contributed by atoms with Gasteiger partial charge in [-0.1, -0.05) is 0 Å². The van der Waals surface area contributed by atoms with Crippen LogP contribution in [0, 0.1) is 0 Å². The van der Waals surface area contributed by atoms with Gasteiger partial charge in [0.15, 0.2) is 11.5 Å². The Hall–Kier alpha value is -1.53. The van der Waals surface area contributed by atoms with Crippen LogP contribution in [0.5, 0.6) is 0 Å². The number of amides is 1. The quantitative estimate of drug-likeness (QED) is 0.828. The average Bonchev–Trinajstić information content (AvgIpc) is 3.47. The summed E-state index contributed by atoms with van der Waals surface area (Å²) in [4.78, 5) is 22.1. The summed E-state index contributed by atoms with van der Waals surface area (Å²) in [5.74, 6) is 3.96. The minimum Gasteiger partial charge on any atom is -0.440 e. The standard InChI is InChI=1S/C20H25N3O2S/c24-20(23-7-5-16(6-8-23)22-9-11-26-12-10-22)15-3-4-17-18(13-15)25-19(21-17)14-1-2-14/h3-4,13-14,16H,1-2,5-12H2. The van der Waals surface area contributed by atoms with Crippen molar-refractivity contribution in [3.05, 3.63) is 29.7 Å². The molecule has 3 aliphatic rings. The zero-order valence-corrected chi connectivity index (χ0v) is 15.8. The van der Waals surface area contributed by atoms with E-state index < -0.39 is 0 Å². The second kappa shape index (κ2) is 6.89. The maximum Gasteiger partial charge on any atom is 0.253 e. The van der Waals surface area contributed by atoms with Crippen molar-refractivity contribution in [1.82, 2.24) is 14.8 Å². The van der Waals surface area contributed by atoms with Gasteiger partial charge in [-0.05, 0) is 43.9 Å². The van der Waals surface area contributed by atoms with Crippen molar-refractivity contribution in [3.8, 4) is 0 Å². The molecule has 0 bridgehead atoms. The molecule has 3 fully saturated rings. The molecule has 1 amide bonds. The van der Waals surface area contributed by atoms with Crippen molar-refractivity contribution in [2.24, 2.45) is 0 Å². The van der Waals surface area contributed by atoms with Gasteiger partial charge in [0.2, 0.25) is 0 Å². The Kier molecular flexibility index (Phi) is 4.41. The Bertz CT molecular complexity index is 802. The van der Waals surface area contributed by atoms with Crippen molar-refractivity contribution in [2.75, 3.05) is 37.7 Å². The van der Waals surface area contributed by atoms with Gasteiger partial charge in [0, 0.05) is 55.2 Å². The van der Waals surface area contributed by atoms with Crippen LogP contribution in [0.4, 0.5) is 0 Å². The van der Waals surface area contributed by atoms with Crippen LogP contribution in [0.15, 0.2) is 22.6 Å². The fraction of sp³-hybridized carbons (Fsp3) is 0.600. The molecule has 1 aliphatic carbocycles. The van der Waals surface area contributed by atoms with Gasteiger partial charge in [0.05, 0.1) is 0 Å². The normalized spacial score (nSPS) is 22.8. The maximum atomic E-state index is 12.9. The number of benzene rings is 1. The second-order valence-electron chi connectivity index (χ2n) is 7.68. The largest absolute Gasteiger partial charge is 0.440 e. The maximum absolute atomic E-state index is 12.9.